The molecule has 0 bridgehead atoms. The van der Waals surface area contributed by atoms with Gasteiger partial charge in [0, 0.05) is 6.04 Å². The maximum absolute atomic E-state index is 11.9. The molecule has 0 spiro atoms. The van der Waals surface area contributed by atoms with E-state index in [2.05, 4.69) is 0 Å². The van der Waals surface area contributed by atoms with Crippen LogP contribution in [-0.2, 0) is 56.8 Å². The largest absolute Gasteiger partial charge is 0.394 e. The fourth-order valence-electron chi connectivity index (χ4n) is 9.32. The van der Waals surface area contributed by atoms with E-state index in [9.17, 15) is 91.9 Å². The molecule has 422 valence electrons. The lowest BCUT2D eigenvalue weighted by molar-refractivity contribution is -0.410. The van der Waals surface area contributed by atoms with E-state index in [1.807, 2.05) is 0 Å². The second-order valence-electron chi connectivity index (χ2n) is 18.9. The van der Waals surface area contributed by atoms with Crippen molar-refractivity contribution in [3.8, 4) is 0 Å². The summed E-state index contributed by atoms with van der Waals surface area (Å²) in [5.74, 6) is 0. The average Bonchev–Trinajstić information content (AvgIpc) is 3.34. The van der Waals surface area contributed by atoms with Gasteiger partial charge >= 0.3 is 0 Å². The van der Waals surface area contributed by atoms with Gasteiger partial charge in [0.2, 0.25) is 0 Å². The Hall–Kier alpha value is -1.24. The van der Waals surface area contributed by atoms with E-state index in [4.69, 9.17) is 62.6 Å². The van der Waals surface area contributed by atoms with Crippen LogP contribution >= 0.6 is 0 Å². The number of hydrogen-bond acceptors (Lipinski definition) is 31. The lowest BCUT2D eigenvalue weighted by Gasteiger charge is -2.51. The van der Waals surface area contributed by atoms with E-state index in [-0.39, 0.29) is 6.04 Å². The monoisotopic (exact) mass is 1060 g/mol. The second kappa shape index (κ2) is 25.9. The molecule has 0 aromatic heterocycles. The van der Waals surface area contributed by atoms with Gasteiger partial charge in [-0.3, -0.25) is 0 Å². The standard InChI is InChI=1S/C41H73NO30/c1-10(42)4-11(2)61-38-29(59)32(21(51)15(7-45)65-38)69-39-28(58)31(18(48)12(3)62-39)68-40-30(60)33(22(52)16(8-46)66-40)70-41-35(72-37-27(57)25(55)20(50)14(6-44)64-37)34(23(53)17(9-47)67-41)71-36-26(56)24(54)19(49)13(5-43)63-36/h10-41,43-60H,4-9,42H2,1-3H3. The first-order valence-corrected chi connectivity index (χ1v) is 23.5. The third-order valence-electron chi connectivity index (χ3n) is 13.4. The molecular weight excluding hydrogens is 986 g/mol. The summed E-state index contributed by atoms with van der Waals surface area (Å²) in [6.07, 6.45) is -57.3. The van der Waals surface area contributed by atoms with Crippen molar-refractivity contribution < 1.29 is 149 Å². The average molecular weight is 1060 g/mol. The van der Waals surface area contributed by atoms with Crippen LogP contribution in [-0.4, -0.2) is 321 Å². The zero-order valence-electron chi connectivity index (χ0n) is 39.2. The minimum atomic E-state index is -2.26. The Morgan fingerprint density at radius 1 is 0.347 bits per heavy atom. The first kappa shape index (κ1) is 60.0. The van der Waals surface area contributed by atoms with Crippen molar-refractivity contribution >= 4 is 0 Å². The highest BCUT2D eigenvalue weighted by atomic mass is 16.8. The van der Waals surface area contributed by atoms with Gasteiger partial charge in [0.25, 0.3) is 0 Å². The van der Waals surface area contributed by atoms with Gasteiger partial charge < -0.3 is 154 Å². The molecule has 0 amide bonds. The minimum absolute atomic E-state index is 0.315. The highest BCUT2D eigenvalue weighted by molar-refractivity contribution is 5.00. The molecule has 72 heavy (non-hydrogen) atoms. The summed E-state index contributed by atoms with van der Waals surface area (Å²) < 4.78 is 69.2. The number of aliphatic hydroxyl groups is 18. The molecule has 6 saturated heterocycles. The minimum Gasteiger partial charge on any atom is -0.394 e. The zero-order chi connectivity index (χ0) is 53.2. The third-order valence-corrected chi connectivity index (χ3v) is 13.4. The van der Waals surface area contributed by atoms with Gasteiger partial charge in [-0.1, -0.05) is 0 Å². The topological polar surface area (TPSA) is 501 Å². The maximum Gasteiger partial charge on any atom is 0.187 e. The van der Waals surface area contributed by atoms with Gasteiger partial charge in [-0.05, 0) is 27.2 Å². The van der Waals surface area contributed by atoms with E-state index in [1.54, 1.807) is 13.8 Å². The van der Waals surface area contributed by atoms with Crippen molar-refractivity contribution in [1.29, 1.82) is 0 Å². The lowest BCUT2D eigenvalue weighted by atomic mass is 9.95. The molecule has 0 saturated carbocycles. The van der Waals surface area contributed by atoms with Crippen molar-refractivity contribution in [3.05, 3.63) is 0 Å². The van der Waals surface area contributed by atoms with Gasteiger partial charge in [-0.2, -0.15) is 0 Å². The third kappa shape index (κ3) is 12.8. The number of hydrogen-bond donors (Lipinski definition) is 19. The normalized spacial score (nSPS) is 51.4. The fourth-order valence-corrected chi connectivity index (χ4v) is 9.32. The molecule has 0 radical (unpaired) electrons. The molecule has 6 rings (SSSR count). The Kier molecular flexibility index (Phi) is 21.6. The van der Waals surface area contributed by atoms with Crippen LogP contribution in [0.15, 0.2) is 0 Å². The Labute approximate surface area is 410 Å². The van der Waals surface area contributed by atoms with Crippen LogP contribution in [0.2, 0.25) is 0 Å². The van der Waals surface area contributed by atoms with Crippen LogP contribution in [0.25, 0.3) is 0 Å². The Bertz CT molecular complexity index is 1630. The SMILES string of the molecule is CC(N)CC(C)OC1OC(CO)C(O)C(OC2OC(C)C(O)C(OC3OC(CO)C(O)C(OC4OC(CO)C(O)C(OC5OC(CO)C(O)C(O)C5O)C4OC4OC(CO)C(O)C(O)C4O)C3O)C2O)C1O. The van der Waals surface area contributed by atoms with Crippen LogP contribution < -0.4 is 5.73 Å². The van der Waals surface area contributed by atoms with Crippen molar-refractivity contribution in [2.75, 3.05) is 33.0 Å². The molecule has 6 heterocycles. The maximum atomic E-state index is 11.9. The summed E-state index contributed by atoms with van der Waals surface area (Å²) in [5, 5.41) is 194. The molecule has 0 aliphatic carbocycles. The van der Waals surface area contributed by atoms with Gasteiger partial charge in [-0.15, -0.1) is 0 Å². The molecular formula is C41H73NO30. The number of ether oxygens (including phenoxy) is 12. The highest BCUT2D eigenvalue weighted by Crippen LogP contribution is 2.38. The molecule has 32 atom stereocenters. The van der Waals surface area contributed by atoms with E-state index >= 15 is 0 Å². The number of nitrogens with two attached hydrogens (primary N) is 1. The predicted octanol–water partition coefficient (Wildman–Crippen LogP) is -11.9. The fraction of sp³-hybridized carbons (Fsp3) is 1.00. The predicted molar refractivity (Wildman–Crippen MR) is 224 cm³/mol. The molecule has 20 N–H and O–H groups in total. The van der Waals surface area contributed by atoms with Crippen LogP contribution in [0.5, 0.6) is 0 Å². The second-order valence-corrected chi connectivity index (χ2v) is 18.9. The van der Waals surface area contributed by atoms with Crippen molar-refractivity contribution in [1.82, 2.24) is 0 Å². The van der Waals surface area contributed by atoms with Crippen molar-refractivity contribution in [2.45, 2.75) is 224 Å². The summed E-state index contributed by atoms with van der Waals surface area (Å²) in [6, 6.07) is -0.323. The Morgan fingerprint density at radius 3 is 1.08 bits per heavy atom. The first-order chi connectivity index (χ1) is 34.0. The smallest absolute Gasteiger partial charge is 0.187 e. The van der Waals surface area contributed by atoms with E-state index in [1.165, 1.54) is 6.92 Å². The van der Waals surface area contributed by atoms with Crippen LogP contribution in [0.3, 0.4) is 0 Å². The van der Waals surface area contributed by atoms with Gasteiger partial charge in [0.15, 0.2) is 37.7 Å². The van der Waals surface area contributed by atoms with Gasteiger partial charge in [0.1, 0.15) is 140 Å². The summed E-state index contributed by atoms with van der Waals surface area (Å²) in [4.78, 5) is 0. The molecule has 31 nitrogen and oxygen atoms in total. The van der Waals surface area contributed by atoms with E-state index in [0.717, 1.165) is 0 Å². The van der Waals surface area contributed by atoms with Gasteiger partial charge in [-0.25, -0.2) is 0 Å². The molecule has 6 fully saturated rings. The summed E-state index contributed by atoms with van der Waals surface area (Å²) in [6.45, 7) is -0.0932. The summed E-state index contributed by atoms with van der Waals surface area (Å²) >= 11 is 0. The zero-order valence-corrected chi connectivity index (χ0v) is 39.2. The Morgan fingerprint density at radius 2 is 0.653 bits per heavy atom. The quantitative estimate of drug-likeness (QED) is 0.0571. The highest BCUT2D eigenvalue weighted by Gasteiger charge is 2.58. The number of rotatable bonds is 19. The van der Waals surface area contributed by atoms with Crippen molar-refractivity contribution in [2.24, 2.45) is 5.73 Å². The molecule has 0 aromatic rings. The number of aliphatic hydroxyl groups excluding tert-OH is 18. The molecule has 6 aliphatic heterocycles. The molecule has 31 heteroatoms. The molecule has 0 aromatic carbocycles. The van der Waals surface area contributed by atoms with E-state index < -0.39 is 223 Å². The van der Waals surface area contributed by atoms with Crippen LogP contribution in [0.4, 0.5) is 0 Å². The van der Waals surface area contributed by atoms with Crippen LogP contribution in [0.1, 0.15) is 27.2 Å². The molecule has 32 unspecified atom stereocenters. The van der Waals surface area contributed by atoms with Crippen LogP contribution in [0, 0.1) is 0 Å². The van der Waals surface area contributed by atoms with Crippen molar-refractivity contribution in [3.63, 3.8) is 0 Å². The summed E-state index contributed by atoms with van der Waals surface area (Å²) in [7, 11) is 0. The Balaban J connectivity index is 1.27. The lowest BCUT2D eigenvalue weighted by Crippen LogP contribution is -2.69. The summed E-state index contributed by atoms with van der Waals surface area (Å²) in [5.41, 5.74) is 5.87. The molecule has 6 aliphatic rings. The van der Waals surface area contributed by atoms with E-state index in [0.29, 0.717) is 6.42 Å². The first-order valence-electron chi connectivity index (χ1n) is 23.5. The van der Waals surface area contributed by atoms with Gasteiger partial charge in [0.05, 0.1) is 45.2 Å².